The molecule has 2 aromatic rings. The van der Waals surface area contributed by atoms with Gasteiger partial charge < -0.3 is 20.3 Å². The molecule has 1 aliphatic rings. The Morgan fingerprint density at radius 3 is 2.62 bits per heavy atom. The van der Waals surface area contributed by atoms with Gasteiger partial charge in [-0.1, -0.05) is 59.8 Å². The number of nitrogens with zero attached hydrogens (tertiary/aromatic N) is 1. The van der Waals surface area contributed by atoms with Crippen LogP contribution in [0.1, 0.15) is 24.5 Å². The first-order valence-corrected chi connectivity index (χ1v) is 11.7. The van der Waals surface area contributed by atoms with Gasteiger partial charge >= 0.3 is 5.97 Å². The number of thiocarbonyl (C=S) groups is 1. The molecule has 0 spiro atoms. The lowest BCUT2D eigenvalue weighted by molar-refractivity contribution is -0.146. The van der Waals surface area contributed by atoms with E-state index in [0.717, 1.165) is 22.2 Å². The van der Waals surface area contributed by atoms with Gasteiger partial charge in [-0.15, -0.1) is 0 Å². The summed E-state index contributed by atoms with van der Waals surface area (Å²) in [5.41, 5.74) is 6.58. The van der Waals surface area contributed by atoms with E-state index in [2.05, 4.69) is 0 Å². The highest BCUT2D eigenvalue weighted by molar-refractivity contribution is 8.26. The number of carboxylic acids is 1. The Bertz CT molecular complexity index is 1170. The van der Waals surface area contributed by atoms with E-state index in [1.807, 2.05) is 25.1 Å². The first-order chi connectivity index (χ1) is 16.2. The molecule has 1 saturated heterocycles. The molecule has 8 nitrogen and oxygen atoms in total. The predicted octanol–water partition coefficient (Wildman–Crippen LogP) is 3.85. The summed E-state index contributed by atoms with van der Waals surface area (Å²) in [7, 11) is 0. The van der Waals surface area contributed by atoms with E-state index in [9.17, 15) is 19.5 Å². The number of aliphatic carboxylic acids is 1. The molecule has 1 aliphatic heterocycles. The lowest BCUT2D eigenvalue weighted by Crippen LogP contribution is -2.46. The highest BCUT2D eigenvalue weighted by atomic mass is 35.5. The van der Waals surface area contributed by atoms with Gasteiger partial charge in [0, 0.05) is 10.6 Å². The van der Waals surface area contributed by atoms with E-state index >= 15 is 0 Å². The van der Waals surface area contributed by atoms with Gasteiger partial charge in [-0.25, -0.2) is 4.79 Å². The molecule has 1 fully saturated rings. The molecule has 2 aromatic carbocycles. The van der Waals surface area contributed by atoms with Gasteiger partial charge in [-0.2, -0.15) is 0 Å². The Labute approximate surface area is 210 Å². The number of hydrogen-bond acceptors (Lipinski definition) is 7. The van der Waals surface area contributed by atoms with Crippen LogP contribution in [0.2, 0.25) is 5.02 Å². The van der Waals surface area contributed by atoms with E-state index in [1.54, 1.807) is 30.3 Å². The molecule has 1 unspecified atom stereocenters. The van der Waals surface area contributed by atoms with Crippen molar-refractivity contribution >= 4 is 63.8 Å². The van der Waals surface area contributed by atoms with Gasteiger partial charge in [-0.05, 0) is 36.8 Å². The van der Waals surface area contributed by atoms with Crippen LogP contribution in [-0.2, 0) is 21.0 Å². The third-order valence-corrected chi connectivity index (χ3v) is 6.42. The van der Waals surface area contributed by atoms with Gasteiger partial charge in [-0.3, -0.25) is 14.5 Å². The van der Waals surface area contributed by atoms with Gasteiger partial charge in [0.2, 0.25) is 5.91 Å². The molecule has 178 valence electrons. The van der Waals surface area contributed by atoms with Crippen molar-refractivity contribution in [1.29, 1.82) is 0 Å². The number of benzene rings is 2. The van der Waals surface area contributed by atoms with Crippen molar-refractivity contribution in [3.05, 3.63) is 63.5 Å². The monoisotopic (exact) mass is 520 g/mol. The van der Waals surface area contributed by atoms with Crippen LogP contribution < -0.4 is 15.2 Å². The molecule has 2 amide bonds. The number of carbonyl (C=O) groups is 3. The molecule has 1 heterocycles. The van der Waals surface area contributed by atoms with Crippen LogP contribution in [0.3, 0.4) is 0 Å². The molecule has 3 N–H and O–H groups in total. The first kappa shape index (κ1) is 25.5. The zero-order valence-corrected chi connectivity index (χ0v) is 20.4. The minimum atomic E-state index is -1.46. The Balaban J connectivity index is 1.83. The number of ether oxygens (including phenoxy) is 2. The molecule has 0 aliphatic carbocycles. The fourth-order valence-electron chi connectivity index (χ4n) is 3.15. The summed E-state index contributed by atoms with van der Waals surface area (Å²) in [6.07, 6.45) is 1.03. The van der Waals surface area contributed by atoms with E-state index in [0.29, 0.717) is 28.7 Å². The SMILES string of the molecule is CCOc1cc(/C=C2\SC(=S)N(C(CC(N)=O)C(=O)O)C2=O)ccc1OCc1ccccc1Cl. The van der Waals surface area contributed by atoms with Crippen LogP contribution in [0.15, 0.2) is 47.4 Å². The summed E-state index contributed by atoms with van der Waals surface area (Å²) in [4.78, 5) is 36.9. The normalized spacial score (nSPS) is 15.5. The third-order valence-electron chi connectivity index (χ3n) is 4.72. The second-order valence-corrected chi connectivity index (χ2v) is 9.18. The summed E-state index contributed by atoms with van der Waals surface area (Å²) >= 11 is 12.3. The number of carbonyl (C=O) groups excluding carboxylic acids is 2. The Morgan fingerprint density at radius 2 is 1.97 bits per heavy atom. The van der Waals surface area contributed by atoms with Crippen LogP contribution in [0, 0.1) is 0 Å². The Hall–Kier alpha value is -3.08. The second-order valence-electron chi connectivity index (χ2n) is 7.10. The predicted molar refractivity (Wildman–Crippen MR) is 134 cm³/mol. The second kappa shape index (κ2) is 11.4. The van der Waals surface area contributed by atoms with Crippen LogP contribution in [0.25, 0.3) is 6.08 Å². The first-order valence-electron chi connectivity index (χ1n) is 10.1. The summed E-state index contributed by atoms with van der Waals surface area (Å²) in [5, 5.41) is 10.0. The van der Waals surface area contributed by atoms with Gasteiger partial charge in [0.15, 0.2) is 11.5 Å². The minimum absolute atomic E-state index is 0.0367. The molecule has 0 bridgehead atoms. The highest BCUT2D eigenvalue weighted by Crippen LogP contribution is 2.36. The maximum atomic E-state index is 12.9. The molecular weight excluding hydrogens is 500 g/mol. The molecule has 0 radical (unpaired) electrons. The number of thioether (sulfide) groups is 1. The number of nitrogens with two attached hydrogens (primary N) is 1. The Kier molecular flexibility index (Phi) is 8.54. The number of halogens is 1. The van der Waals surface area contributed by atoms with Crippen molar-refractivity contribution in [1.82, 2.24) is 4.90 Å². The van der Waals surface area contributed by atoms with Crippen molar-refractivity contribution in [2.45, 2.75) is 26.0 Å². The number of carboxylic acid groups (broad SMARTS) is 1. The fraction of sp³-hybridized carbons (Fsp3) is 0.217. The van der Waals surface area contributed by atoms with E-state index in [4.69, 9.17) is 39.0 Å². The summed E-state index contributed by atoms with van der Waals surface area (Å²) < 4.78 is 11.6. The molecule has 0 saturated carbocycles. The Morgan fingerprint density at radius 1 is 1.24 bits per heavy atom. The molecule has 34 heavy (non-hydrogen) atoms. The van der Waals surface area contributed by atoms with Crippen molar-refractivity contribution in [3.63, 3.8) is 0 Å². The van der Waals surface area contributed by atoms with Crippen LogP contribution in [-0.4, -0.2) is 44.8 Å². The minimum Gasteiger partial charge on any atom is -0.490 e. The zero-order valence-electron chi connectivity index (χ0n) is 18.0. The van der Waals surface area contributed by atoms with E-state index in [1.165, 1.54) is 0 Å². The maximum Gasteiger partial charge on any atom is 0.327 e. The fourth-order valence-corrected chi connectivity index (χ4v) is 4.70. The summed E-state index contributed by atoms with van der Waals surface area (Å²) in [6.45, 7) is 2.47. The maximum absolute atomic E-state index is 12.9. The number of amides is 2. The zero-order chi connectivity index (χ0) is 24.8. The third kappa shape index (κ3) is 6.07. The molecule has 1 atom stereocenters. The van der Waals surface area contributed by atoms with Gasteiger partial charge in [0.25, 0.3) is 5.91 Å². The van der Waals surface area contributed by atoms with Crippen molar-refractivity contribution in [2.24, 2.45) is 5.73 Å². The highest BCUT2D eigenvalue weighted by Gasteiger charge is 2.41. The number of hydrogen-bond donors (Lipinski definition) is 2. The summed E-state index contributed by atoms with van der Waals surface area (Å²) in [5.74, 6) is -1.86. The number of primary amides is 1. The molecule has 0 aromatic heterocycles. The topological polar surface area (TPSA) is 119 Å². The quantitative estimate of drug-likeness (QED) is 0.358. The largest absolute Gasteiger partial charge is 0.490 e. The summed E-state index contributed by atoms with van der Waals surface area (Å²) in [6, 6.07) is 11.0. The molecule has 3 rings (SSSR count). The van der Waals surface area contributed by atoms with Crippen LogP contribution in [0.4, 0.5) is 0 Å². The van der Waals surface area contributed by atoms with Gasteiger partial charge in [0.05, 0.1) is 17.9 Å². The van der Waals surface area contributed by atoms with Crippen molar-refractivity contribution < 1.29 is 29.0 Å². The van der Waals surface area contributed by atoms with E-state index in [-0.39, 0.29) is 15.8 Å². The smallest absolute Gasteiger partial charge is 0.327 e. The molecular formula is C23H21ClN2O6S2. The number of rotatable bonds is 10. The van der Waals surface area contributed by atoms with Crippen molar-refractivity contribution in [2.75, 3.05) is 6.61 Å². The molecule has 11 heteroatoms. The lowest BCUT2D eigenvalue weighted by atomic mass is 10.1. The van der Waals surface area contributed by atoms with Gasteiger partial charge in [0.1, 0.15) is 17.0 Å². The van der Waals surface area contributed by atoms with Crippen LogP contribution >= 0.6 is 35.6 Å². The average molecular weight is 521 g/mol. The lowest BCUT2D eigenvalue weighted by Gasteiger charge is -2.21. The standard InChI is InChI=1S/C23H21ClN2O6S2/c1-2-31-18-9-13(7-8-17(18)32-12-14-5-3-4-6-15(14)24)10-19-21(28)26(23(33)34-19)16(22(29)30)11-20(25)27/h3-10,16H,2,11-12H2,1H3,(H2,25,27)(H,29,30)/b19-10-. The van der Waals surface area contributed by atoms with Crippen molar-refractivity contribution in [3.8, 4) is 11.5 Å². The van der Waals surface area contributed by atoms with Crippen LogP contribution in [0.5, 0.6) is 11.5 Å². The van der Waals surface area contributed by atoms with E-state index < -0.39 is 30.2 Å². The average Bonchev–Trinajstić information content (AvgIpc) is 3.05.